The molecule has 1 heterocycles. The van der Waals surface area contributed by atoms with Crippen molar-refractivity contribution in [3.63, 3.8) is 0 Å². The van der Waals surface area contributed by atoms with E-state index in [1.807, 2.05) is 0 Å². The lowest BCUT2D eigenvalue weighted by Gasteiger charge is -2.31. The summed E-state index contributed by atoms with van der Waals surface area (Å²) in [6, 6.07) is 6.43. The smallest absolute Gasteiger partial charge is 0.480 e. The number of nitrogens with zero attached hydrogens (tertiary/aromatic N) is 1. The highest BCUT2D eigenvalue weighted by atomic mass is 19.4. The minimum atomic E-state index is -5.08. The number of piperidine rings is 1. The molecule has 0 bridgehead atoms. The number of hydrogen-bond acceptors (Lipinski definition) is 6. The number of Topliss-reactive ketones (excluding diaryl/α,β-unsaturated/α-hetero) is 1. The van der Waals surface area contributed by atoms with Gasteiger partial charge in [0.15, 0.2) is 5.78 Å². The fourth-order valence-electron chi connectivity index (χ4n) is 2.82. The molecule has 0 aromatic heterocycles. The molecule has 1 saturated heterocycles. The minimum Gasteiger partial charge on any atom is -0.480 e. The fraction of sp³-hybridized carbons (Fsp3) is 0.450. The van der Waals surface area contributed by atoms with Gasteiger partial charge in [0.1, 0.15) is 12.4 Å². The molecule has 1 aromatic carbocycles. The summed E-state index contributed by atoms with van der Waals surface area (Å²) >= 11 is 0. The second kappa shape index (κ2) is 12.5. The number of carbonyl (C=O) groups is 4. The van der Waals surface area contributed by atoms with Gasteiger partial charge < -0.3 is 25.6 Å². The van der Waals surface area contributed by atoms with Crippen LogP contribution in [0.2, 0.25) is 0 Å². The molecular formula is C20H24F3N3O7. The maximum Gasteiger partial charge on any atom is 0.490 e. The monoisotopic (exact) mass is 475 g/mol. The van der Waals surface area contributed by atoms with Crippen molar-refractivity contribution >= 4 is 29.5 Å². The molecule has 2 rings (SSSR count). The molecule has 0 saturated carbocycles. The molecule has 0 spiro atoms. The van der Waals surface area contributed by atoms with E-state index in [1.165, 1.54) is 0 Å². The molecule has 0 radical (unpaired) electrons. The Hall–Kier alpha value is -3.48. The first-order valence-electron chi connectivity index (χ1n) is 9.70. The largest absolute Gasteiger partial charge is 0.490 e. The van der Waals surface area contributed by atoms with Gasteiger partial charge in [-0.3, -0.25) is 15.0 Å². The van der Waals surface area contributed by atoms with Gasteiger partial charge in [-0.15, -0.1) is 0 Å². The van der Waals surface area contributed by atoms with Crippen molar-refractivity contribution in [2.24, 2.45) is 5.73 Å². The second-order valence-corrected chi connectivity index (χ2v) is 7.00. The number of nitrogen functional groups attached to an aromatic ring is 1. The summed E-state index contributed by atoms with van der Waals surface area (Å²) < 4.78 is 37.0. The Morgan fingerprint density at radius 1 is 1.03 bits per heavy atom. The first-order chi connectivity index (χ1) is 15.3. The van der Waals surface area contributed by atoms with Crippen molar-refractivity contribution in [2.75, 3.05) is 19.7 Å². The average Bonchev–Trinajstić information content (AvgIpc) is 2.76. The van der Waals surface area contributed by atoms with Gasteiger partial charge in [-0.2, -0.15) is 13.2 Å². The molecule has 1 fully saturated rings. The molecular weight excluding hydrogens is 451 g/mol. The summed E-state index contributed by atoms with van der Waals surface area (Å²) in [5.74, 6) is -4.04. The Morgan fingerprint density at radius 2 is 1.52 bits per heavy atom. The van der Waals surface area contributed by atoms with Gasteiger partial charge in [0.05, 0.1) is 6.10 Å². The van der Waals surface area contributed by atoms with E-state index < -0.39 is 18.1 Å². The van der Waals surface area contributed by atoms with E-state index in [9.17, 15) is 27.6 Å². The van der Waals surface area contributed by atoms with Crippen molar-refractivity contribution in [3.05, 3.63) is 35.4 Å². The minimum absolute atomic E-state index is 0.0603. The van der Waals surface area contributed by atoms with Crippen LogP contribution in [0.3, 0.4) is 0 Å². The molecule has 5 N–H and O–H groups in total. The third-order valence-corrected chi connectivity index (χ3v) is 4.56. The number of benzene rings is 1. The van der Waals surface area contributed by atoms with Crippen molar-refractivity contribution in [2.45, 2.75) is 38.0 Å². The zero-order valence-electron chi connectivity index (χ0n) is 17.4. The van der Waals surface area contributed by atoms with Crippen LogP contribution >= 0.6 is 0 Å². The third kappa shape index (κ3) is 10.1. The molecule has 1 aliphatic heterocycles. The van der Waals surface area contributed by atoms with Crippen molar-refractivity contribution in [1.29, 1.82) is 5.41 Å². The van der Waals surface area contributed by atoms with Crippen LogP contribution in [0.15, 0.2) is 24.3 Å². The Morgan fingerprint density at radius 3 is 1.94 bits per heavy atom. The van der Waals surface area contributed by atoms with Crippen LogP contribution in [0.1, 0.15) is 41.6 Å². The van der Waals surface area contributed by atoms with Crippen molar-refractivity contribution in [1.82, 2.24) is 4.90 Å². The highest BCUT2D eigenvalue weighted by Crippen LogP contribution is 2.16. The van der Waals surface area contributed by atoms with Crippen molar-refractivity contribution < 1.29 is 47.3 Å². The molecule has 0 unspecified atom stereocenters. The molecule has 1 aromatic rings. The van der Waals surface area contributed by atoms with E-state index in [0.29, 0.717) is 37.1 Å². The SMILES string of the molecule is N=C(N)c1ccc(C(=O)CCC(=O)N2CCC(OCC(=O)O)CC2)cc1.O=C(O)C(F)(F)F. The Labute approximate surface area is 186 Å². The lowest BCUT2D eigenvalue weighted by molar-refractivity contribution is -0.192. The number of likely N-dealkylation sites (tertiary alicyclic amines) is 1. The normalized spacial score (nSPS) is 14.1. The number of aliphatic carboxylic acids is 2. The van der Waals surface area contributed by atoms with Crippen LogP contribution in [-0.4, -0.2) is 76.6 Å². The van der Waals surface area contributed by atoms with Crippen LogP contribution in [0.5, 0.6) is 0 Å². The number of nitrogens with one attached hydrogen (secondary N) is 1. The molecule has 182 valence electrons. The van der Waals surface area contributed by atoms with E-state index >= 15 is 0 Å². The number of halogens is 3. The topological polar surface area (TPSA) is 171 Å². The van der Waals surface area contributed by atoms with Crippen LogP contribution in [-0.2, 0) is 19.1 Å². The quantitative estimate of drug-likeness (QED) is 0.250. The van der Waals surface area contributed by atoms with Gasteiger partial charge in [0.25, 0.3) is 0 Å². The first-order valence-corrected chi connectivity index (χ1v) is 9.70. The molecule has 10 nitrogen and oxygen atoms in total. The molecule has 13 heteroatoms. The third-order valence-electron chi connectivity index (χ3n) is 4.56. The van der Waals surface area contributed by atoms with E-state index in [1.54, 1.807) is 29.2 Å². The summed E-state index contributed by atoms with van der Waals surface area (Å²) in [6.07, 6.45) is -3.78. The van der Waals surface area contributed by atoms with E-state index in [2.05, 4.69) is 0 Å². The summed E-state index contributed by atoms with van der Waals surface area (Å²) in [4.78, 5) is 45.5. The van der Waals surface area contributed by atoms with E-state index in [-0.39, 0.29) is 43.1 Å². The van der Waals surface area contributed by atoms with Crippen molar-refractivity contribution in [3.8, 4) is 0 Å². The van der Waals surface area contributed by atoms with Gasteiger partial charge in [0, 0.05) is 37.1 Å². The predicted molar refractivity (Wildman–Crippen MR) is 108 cm³/mol. The number of alkyl halides is 3. The summed E-state index contributed by atoms with van der Waals surface area (Å²) in [6.45, 7) is 0.685. The molecule has 0 aliphatic carbocycles. The predicted octanol–water partition coefficient (Wildman–Crippen LogP) is 1.66. The average molecular weight is 475 g/mol. The molecule has 1 aliphatic rings. The lowest BCUT2D eigenvalue weighted by atomic mass is 10.0. The number of rotatable bonds is 8. The number of ketones is 1. The Balaban J connectivity index is 0.000000675. The molecule has 0 atom stereocenters. The summed E-state index contributed by atoms with van der Waals surface area (Å²) in [5, 5.41) is 23.1. The van der Waals surface area contributed by atoms with Gasteiger partial charge in [-0.05, 0) is 12.8 Å². The number of hydrogen-bond donors (Lipinski definition) is 4. The highest BCUT2D eigenvalue weighted by Gasteiger charge is 2.38. The maximum absolute atomic E-state index is 12.2. The van der Waals surface area contributed by atoms with Gasteiger partial charge >= 0.3 is 18.1 Å². The number of amidine groups is 1. The van der Waals surface area contributed by atoms with Gasteiger partial charge in [-0.25, -0.2) is 9.59 Å². The number of carboxylic acids is 2. The molecule has 1 amide bonds. The second-order valence-electron chi connectivity index (χ2n) is 7.00. The maximum atomic E-state index is 12.2. The fourth-order valence-corrected chi connectivity index (χ4v) is 2.82. The van der Waals surface area contributed by atoms with Crippen LogP contribution in [0.25, 0.3) is 0 Å². The number of carbonyl (C=O) groups excluding carboxylic acids is 2. The van der Waals surface area contributed by atoms with Crippen LogP contribution in [0.4, 0.5) is 13.2 Å². The number of ether oxygens (including phenoxy) is 1. The number of carboxylic acid groups (broad SMARTS) is 2. The summed E-state index contributed by atoms with van der Waals surface area (Å²) in [7, 11) is 0. The first kappa shape index (κ1) is 27.6. The van der Waals surface area contributed by atoms with E-state index in [0.717, 1.165) is 0 Å². The van der Waals surface area contributed by atoms with Crippen LogP contribution < -0.4 is 5.73 Å². The van der Waals surface area contributed by atoms with Crippen LogP contribution in [0, 0.1) is 5.41 Å². The number of nitrogens with two attached hydrogens (primary N) is 1. The Kier molecular flexibility index (Phi) is 10.5. The van der Waals surface area contributed by atoms with E-state index in [4.69, 9.17) is 30.9 Å². The van der Waals surface area contributed by atoms with Gasteiger partial charge in [0.2, 0.25) is 5.91 Å². The lowest BCUT2D eigenvalue weighted by Crippen LogP contribution is -2.41. The highest BCUT2D eigenvalue weighted by molar-refractivity contribution is 6.00. The number of amides is 1. The Bertz CT molecular complexity index is 865. The standard InChI is InChI=1S/C18H23N3O5.C2HF3O2/c19-18(20)13-3-1-12(2-4-13)15(22)5-6-16(23)21-9-7-14(8-10-21)26-11-17(24)25;3-2(4,5)1(6)7/h1-4,14H,5-11H2,(H3,19,20)(H,24,25);(H,6,7). The zero-order valence-corrected chi connectivity index (χ0v) is 17.4. The van der Waals surface area contributed by atoms with Gasteiger partial charge in [-0.1, -0.05) is 24.3 Å². The summed E-state index contributed by atoms with van der Waals surface area (Å²) in [5.41, 5.74) is 6.41. The zero-order chi connectivity index (χ0) is 25.2. The molecule has 33 heavy (non-hydrogen) atoms.